The van der Waals surface area contributed by atoms with Crippen LogP contribution in [-0.4, -0.2) is 23.0 Å². The van der Waals surface area contributed by atoms with Gasteiger partial charge in [0.25, 0.3) is 0 Å². The van der Waals surface area contributed by atoms with Gasteiger partial charge in [-0.2, -0.15) is 0 Å². The van der Waals surface area contributed by atoms with E-state index in [4.69, 9.17) is 11.6 Å². The molecular weight excluding hydrogens is 220 g/mol. The molecule has 0 N–H and O–H groups in total. The molecule has 1 aliphatic heterocycles. The summed E-state index contributed by atoms with van der Waals surface area (Å²) in [4.78, 5) is 6.68. The molecule has 2 heterocycles. The lowest BCUT2D eigenvalue weighted by atomic mass is 9.97. The van der Waals surface area contributed by atoms with Crippen molar-refractivity contribution in [3.63, 3.8) is 0 Å². The van der Waals surface area contributed by atoms with Crippen molar-refractivity contribution in [2.45, 2.75) is 32.7 Å². The molecule has 1 unspecified atom stereocenters. The molecule has 0 radical (unpaired) electrons. The first-order chi connectivity index (χ1) is 7.66. The van der Waals surface area contributed by atoms with Gasteiger partial charge in [-0.3, -0.25) is 4.90 Å². The van der Waals surface area contributed by atoms with E-state index < -0.39 is 0 Å². The number of pyridine rings is 1. The molecular formula is C13H19ClN2. The summed E-state index contributed by atoms with van der Waals surface area (Å²) < 4.78 is 0. The lowest BCUT2D eigenvalue weighted by molar-refractivity contribution is 0.147. The molecule has 0 amide bonds. The second kappa shape index (κ2) is 5.15. The molecule has 1 saturated heterocycles. The van der Waals surface area contributed by atoms with Gasteiger partial charge in [-0.25, -0.2) is 4.98 Å². The molecule has 0 spiro atoms. The SMILES string of the molecule is CC1CCN(C(C)c2ccc(Cl)nc2)CC1. The van der Waals surface area contributed by atoms with Crippen LogP contribution in [0, 0.1) is 5.92 Å². The Kier molecular flexibility index (Phi) is 3.82. The summed E-state index contributed by atoms with van der Waals surface area (Å²) in [5.41, 5.74) is 1.26. The Morgan fingerprint density at radius 1 is 1.38 bits per heavy atom. The van der Waals surface area contributed by atoms with E-state index in [0.29, 0.717) is 11.2 Å². The predicted molar refractivity (Wildman–Crippen MR) is 67.6 cm³/mol. The largest absolute Gasteiger partial charge is 0.297 e. The van der Waals surface area contributed by atoms with E-state index in [1.165, 1.54) is 31.5 Å². The highest BCUT2D eigenvalue weighted by Crippen LogP contribution is 2.26. The van der Waals surface area contributed by atoms with Gasteiger partial charge in [0.1, 0.15) is 5.15 Å². The average molecular weight is 239 g/mol. The molecule has 0 saturated carbocycles. The van der Waals surface area contributed by atoms with Gasteiger partial charge in [-0.15, -0.1) is 0 Å². The molecule has 16 heavy (non-hydrogen) atoms. The van der Waals surface area contributed by atoms with Crippen LogP contribution in [0.15, 0.2) is 18.3 Å². The van der Waals surface area contributed by atoms with Crippen LogP contribution in [0.25, 0.3) is 0 Å². The minimum Gasteiger partial charge on any atom is -0.297 e. The molecule has 1 atom stereocenters. The minimum atomic E-state index is 0.456. The molecule has 88 valence electrons. The van der Waals surface area contributed by atoms with Crippen LogP contribution in [0.3, 0.4) is 0 Å². The van der Waals surface area contributed by atoms with Crippen LogP contribution < -0.4 is 0 Å². The van der Waals surface area contributed by atoms with Crippen molar-refractivity contribution < 1.29 is 0 Å². The summed E-state index contributed by atoms with van der Waals surface area (Å²) in [6, 6.07) is 4.41. The number of hydrogen-bond acceptors (Lipinski definition) is 2. The summed E-state index contributed by atoms with van der Waals surface area (Å²) in [6.07, 6.45) is 4.52. The third-order valence-electron chi connectivity index (χ3n) is 3.60. The highest BCUT2D eigenvalue weighted by Gasteiger charge is 2.21. The lowest BCUT2D eigenvalue weighted by Crippen LogP contribution is -2.35. The quantitative estimate of drug-likeness (QED) is 0.733. The van der Waals surface area contributed by atoms with Crippen LogP contribution in [-0.2, 0) is 0 Å². The maximum Gasteiger partial charge on any atom is 0.129 e. The number of rotatable bonds is 2. The Morgan fingerprint density at radius 2 is 2.06 bits per heavy atom. The Bertz CT molecular complexity index is 328. The first-order valence-corrected chi connectivity index (χ1v) is 6.40. The van der Waals surface area contributed by atoms with Crippen LogP contribution in [0.2, 0.25) is 5.15 Å². The second-order valence-corrected chi connectivity index (χ2v) is 5.20. The summed E-state index contributed by atoms with van der Waals surface area (Å²) in [5.74, 6) is 0.881. The van der Waals surface area contributed by atoms with Crippen LogP contribution in [0.4, 0.5) is 0 Å². The maximum atomic E-state index is 5.80. The van der Waals surface area contributed by atoms with E-state index >= 15 is 0 Å². The topological polar surface area (TPSA) is 16.1 Å². The van der Waals surface area contributed by atoms with Gasteiger partial charge >= 0.3 is 0 Å². The van der Waals surface area contributed by atoms with Crippen molar-refractivity contribution >= 4 is 11.6 Å². The third-order valence-corrected chi connectivity index (χ3v) is 3.82. The second-order valence-electron chi connectivity index (χ2n) is 4.81. The van der Waals surface area contributed by atoms with Gasteiger partial charge in [-0.05, 0) is 50.4 Å². The molecule has 1 fully saturated rings. The van der Waals surface area contributed by atoms with E-state index in [1.807, 2.05) is 12.3 Å². The molecule has 1 aromatic rings. The summed E-state index contributed by atoms with van der Waals surface area (Å²) in [5, 5.41) is 0.572. The van der Waals surface area contributed by atoms with Gasteiger partial charge in [0.05, 0.1) is 0 Å². The number of nitrogens with zero attached hydrogens (tertiary/aromatic N) is 2. The zero-order valence-electron chi connectivity index (χ0n) is 9.99. The van der Waals surface area contributed by atoms with E-state index in [0.717, 1.165) is 5.92 Å². The van der Waals surface area contributed by atoms with Gasteiger partial charge in [-0.1, -0.05) is 24.6 Å². The van der Waals surface area contributed by atoms with E-state index in [-0.39, 0.29) is 0 Å². The fraction of sp³-hybridized carbons (Fsp3) is 0.615. The predicted octanol–water partition coefficient (Wildman–Crippen LogP) is 3.53. The molecule has 2 rings (SSSR count). The normalized spacial score (nSPS) is 20.9. The van der Waals surface area contributed by atoms with Crippen LogP contribution in [0.1, 0.15) is 38.3 Å². The standard InChI is InChI=1S/C13H19ClN2/c1-10-5-7-16(8-6-10)11(2)12-3-4-13(14)15-9-12/h3-4,9-11H,5-8H2,1-2H3. The smallest absolute Gasteiger partial charge is 0.129 e. The van der Waals surface area contributed by atoms with Crippen molar-refractivity contribution in [1.82, 2.24) is 9.88 Å². The van der Waals surface area contributed by atoms with Crippen LogP contribution in [0.5, 0.6) is 0 Å². The number of likely N-dealkylation sites (tertiary alicyclic amines) is 1. The highest BCUT2D eigenvalue weighted by molar-refractivity contribution is 6.29. The highest BCUT2D eigenvalue weighted by atomic mass is 35.5. The monoisotopic (exact) mass is 238 g/mol. The van der Waals surface area contributed by atoms with E-state index in [2.05, 4.69) is 29.8 Å². The van der Waals surface area contributed by atoms with Crippen molar-refractivity contribution in [1.29, 1.82) is 0 Å². The first-order valence-electron chi connectivity index (χ1n) is 6.02. The molecule has 2 nitrogen and oxygen atoms in total. The molecule has 0 aliphatic carbocycles. The fourth-order valence-electron chi connectivity index (χ4n) is 2.26. The van der Waals surface area contributed by atoms with Gasteiger partial charge < -0.3 is 0 Å². The average Bonchev–Trinajstić information content (AvgIpc) is 2.30. The van der Waals surface area contributed by atoms with Crippen molar-refractivity contribution in [2.24, 2.45) is 5.92 Å². The van der Waals surface area contributed by atoms with Gasteiger partial charge in [0.15, 0.2) is 0 Å². The molecule has 3 heteroatoms. The van der Waals surface area contributed by atoms with Crippen molar-refractivity contribution in [3.05, 3.63) is 29.0 Å². The molecule has 0 aromatic carbocycles. The number of hydrogen-bond donors (Lipinski definition) is 0. The summed E-state index contributed by atoms with van der Waals surface area (Å²) in [7, 11) is 0. The van der Waals surface area contributed by atoms with Gasteiger partial charge in [0, 0.05) is 12.2 Å². The number of piperidine rings is 1. The Morgan fingerprint density at radius 3 is 2.62 bits per heavy atom. The zero-order chi connectivity index (χ0) is 11.5. The van der Waals surface area contributed by atoms with Gasteiger partial charge in [0.2, 0.25) is 0 Å². The zero-order valence-corrected chi connectivity index (χ0v) is 10.7. The molecule has 1 aliphatic rings. The summed E-state index contributed by atoms with van der Waals surface area (Å²) in [6.45, 7) is 6.99. The first kappa shape index (κ1) is 11.9. The van der Waals surface area contributed by atoms with Crippen LogP contribution >= 0.6 is 11.6 Å². The minimum absolute atomic E-state index is 0.456. The summed E-state index contributed by atoms with van der Waals surface area (Å²) >= 11 is 5.80. The number of halogens is 1. The Balaban J connectivity index is 2.01. The maximum absolute atomic E-state index is 5.80. The Hall–Kier alpha value is -0.600. The molecule has 1 aromatic heterocycles. The Labute approximate surface area is 103 Å². The third kappa shape index (κ3) is 2.74. The van der Waals surface area contributed by atoms with Crippen molar-refractivity contribution in [3.8, 4) is 0 Å². The van der Waals surface area contributed by atoms with E-state index in [9.17, 15) is 0 Å². The fourth-order valence-corrected chi connectivity index (χ4v) is 2.37. The van der Waals surface area contributed by atoms with E-state index in [1.54, 1.807) is 0 Å². The number of aromatic nitrogens is 1. The lowest BCUT2D eigenvalue weighted by Gasteiger charge is -2.35. The molecule has 0 bridgehead atoms. The van der Waals surface area contributed by atoms with Crippen molar-refractivity contribution in [2.75, 3.05) is 13.1 Å².